The molecule has 2 rings (SSSR count). The molecule has 0 aliphatic rings. The topological polar surface area (TPSA) is 62.6 Å². The summed E-state index contributed by atoms with van der Waals surface area (Å²) in [5, 5.41) is 19.4. The van der Waals surface area contributed by atoms with Gasteiger partial charge in [-0.15, -0.1) is 0 Å². The van der Waals surface area contributed by atoms with Gasteiger partial charge in [-0.05, 0) is 17.7 Å². The van der Waals surface area contributed by atoms with Crippen LogP contribution in [0.3, 0.4) is 0 Å². The third kappa shape index (κ3) is 1.85. The highest BCUT2D eigenvalue weighted by Crippen LogP contribution is 2.25. The molecule has 1 aromatic heterocycles. The van der Waals surface area contributed by atoms with Crippen molar-refractivity contribution in [3.8, 4) is 5.75 Å². The Morgan fingerprint density at radius 2 is 2.25 bits per heavy atom. The third-order valence-corrected chi connectivity index (χ3v) is 2.50. The minimum atomic E-state index is -0.891. The van der Waals surface area contributed by atoms with Gasteiger partial charge in [0.1, 0.15) is 11.9 Å². The van der Waals surface area contributed by atoms with E-state index in [1.807, 2.05) is 6.07 Å². The van der Waals surface area contributed by atoms with Gasteiger partial charge in [-0.1, -0.05) is 12.1 Å². The number of rotatable bonds is 3. The van der Waals surface area contributed by atoms with E-state index in [4.69, 9.17) is 9.84 Å². The number of aliphatic hydroxyl groups excluding tert-OH is 2. The first kappa shape index (κ1) is 10.9. The van der Waals surface area contributed by atoms with E-state index in [0.29, 0.717) is 11.3 Å². The van der Waals surface area contributed by atoms with E-state index in [2.05, 4.69) is 4.98 Å². The number of hydrogen-bond donors (Lipinski definition) is 2. The van der Waals surface area contributed by atoms with E-state index in [9.17, 15) is 5.11 Å². The Labute approximate surface area is 93.1 Å². The van der Waals surface area contributed by atoms with Gasteiger partial charge in [0.2, 0.25) is 0 Å². The quantitative estimate of drug-likeness (QED) is 0.816. The lowest BCUT2D eigenvalue weighted by molar-refractivity contribution is 0.0967. The fourth-order valence-electron chi connectivity index (χ4n) is 1.65. The molecule has 2 aromatic rings. The standard InChI is InChI=1S/C12H13NO3/c1-16-8-5-10-9(12(15)7-14)3-2-4-11(10)13-6-8/h2-6,12,14-15H,7H2,1H3. The molecule has 0 saturated heterocycles. The van der Waals surface area contributed by atoms with Gasteiger partial charge in [0.25, 0.3) is 0 Å². The number of benzene rings is 1. The summed E-state index contributed by atoms with van der Waals surface area (Å²) in [6, 6.07) is 7.22. The maximum absolute atomic E-state index is 9.67. The fraction of sp³-hybridized carbons (Fsp3) is 0.250. The third-order valence-electron chi connectivity index (χ3n) is 2.50. The maximum atomic E-state index is 9.67. The van der Waals surface area contributed by atoms with Crippen LogP contribution in [0, 0.1) is 0 Å². The zero-order valence-electron chi connectivity index (χ0n) is 8.92. The largest absolute Gasteiger partial charge is 0.495 e. The summed E-state index contributed by atoms with van der Waals surface area (Å²) >= 11 is 0. The Hall–Kier alpha value is -1.65. The highest BCUT2D eigenvalue weighted by molar-refractivity contribution is 5.83. The predicted molar refractivity (Wildman–Crippen MR) is 60.3 cm³/mol. The van der Waals surface area contributed by atoms with Gasteiger partial charge in [0.15, 0.2) is 0 Å². The number of fused-ring (bicyclic) bond motifs is 1. The first-order valence-corrected chi connectivity index (χ1v) is 4.98. The van der Waals surface area contributed by atoms with Crippen molar-refractivity contribution in [3.63, 3.8) is 0 Å². The van der Waals surface area contributed by atoms with Crippen molar-refractivity contribution in [1.29, 1.82) is 0 Å². The maximum Gasteiger partial charge on any atom is 0.137 e. The summed E-state index contributed by atoms with van der Waals surface area (Å²) in [4.78, 5) is 4.21. The molecule has 84 valence electrons. The molecule has 1 heterocycles. The van der Waals surface area contributed by atoms with Crippen LogP contribution in [0.25, 0.3) is 10.9 Å². The van der Waals surface area contributed by atoms with Gasteiger partial charge >= 0.3 is 0 Å². The van der Waals surface area contributed by atoms with Crippen LogP contribution in [0.2, 0.25) is 0 Å². The van der Waals surface area contributed by atoms with Crippen LogP contribution in [0.1, 0.15) is 11.7 Å². The van der Waals surface area contributed by atoms with E-state index in [-0.39, 0.29) is 6.61 Å². The molecular weight excluding hydrogens is 206 g/mol. The highest BCUT2D eigenvalue weighted by atomic mass is 16.5. The highest BCUT2D eigenvalue weighted by Gasteiger charge is 2.10. The molecule has 0 bridgehead atoms. The van der Waals surface area contributed by atoms with E-state index in [1.165, 1.54) is 0 Å². The first-order valence-electron chi connectivity index (χ1n) is 4.98. The van der Waals surface area contributed by atoms with Crippen LogP contribution in [0.15, 0.2) is 30.5 Å². The summed E-state index contributed by atoms with van der Waals surface area (Å²) in [6.07, 6.45) is 0.731. The summed E-state index contributed by atoms with van der Waals surface area (Å²) in [5.74, 6) is 0.630. The van der Waals surface area contributed by atoms with Crippen LogP contribution in [-0.4, -0.2) is 28.9 Å². The van der Waals surface area contributed by atoms with Crippen LogP contribution in [-0.2, 0) is 0 Å². The average molecular weight is 219 g/mol. The lowest BCUT2D eigenvalue weighted by Crippen LogP contribution is -2.03. The molecule has 0 aliphatic heterocycles. The smallest absolute Gasteiger partial charge is 0.137 e. The number of pyridine rings is 1. The Balaban J connectivity index is 2.64. The number of methoxy groups -OCH3 is 1. The molecule has 1 atom stereocenters. The average Bonchev–Trinajstić information content (AvgIpc) is 2.36. The fourth-order valence-corrected chi connectivity index (χ4v) is 1.65. The molecule has 1 unspecified atom stereocenters. The molecule has 0 amide bonds. The predicted octanol–water partition coefficient (Wildman–Crippen LogP) is 1.27. The van der Waals surface area contributed by atoms with Crippen LogP contribution < -0.4 is 4.74 Å². The number of nitrogens with zero attached hydrogens (tertiary/aromatic N) is 1. The molecule has 0 aliphatic carbocycles. The van der Waals surface area contributed by atoms with Gasteiger partial charge in [0.05, 0.1) is 25.4 Å². The normalized spacial score (nSPS) is 12.7. The molecule has 16 heavy (non-hydrogen) atoms. The molecule has 4 heteroatoms. The lowest BCUT2D eigenvalue weighted by atomic mass is 10.0. The number of ether oxygens (including phenoxy) is 1. The van der Waals surface area contributed by atoms with Crippen molar-refractivity contribution >= 4 is 10.9 Å². The Bertz CT molecular complexity index is 499. The van der Waals surface area contributed by atoms with Gasteiger partial charge in [0, 0.05) is 5.39 Å². The van der Waals surface area contributed by atoms with Crippen molar-refractivity contribution in [3.05, 3.63) is 36.0 Å². The van der Waals surface area contributed by atoms with Crippen LogP contribution in [0.5, 0.6) is 5.75 Å². The molecule has 2 N–H and O–H groups in total. The van der Waals surface area contributed by atoms with Crippen molar-refractivity contribution < 1.29 is 14.9 Å². The second-order valence-corrected chi connectivity index (χ2v) is 3.49. The lowest BCUT2D eigenvalue weighted by Gasteiger charge is -2.11. The summed E-state index contributed by atoms with van der Waals surface area (Å²) in [5.41, 5.74) is 1.43. The summed E-state index contributed by atoms with van der Waals surface area (Å²) < 4.78 is 5.08. The van der Waals surface area contributed by atoms with Crippen LogP contribution >= 0.6 is 0 Å². The van der Waals surface area contributed by atoms with Gasteiger partial charge < -0.3 is 14.9 Å². The Kier molecular flexibility index (Phi) is 3.03. The first-order chi connectivity index (χ1) is 7.76. The molecule has 1 aromatic carbocycles. The van der Waals surface area contributed by atoms with Crippen molar-refractivity contribution in [2.75, 3.05) is 13.7 Å². The van der Waals surface area contributed by atoms with E-state index < -0.39 is 6.10 Å². The van der Waals surface area contributed by atoms with Gasteiger partial charge in [-0.2, -0.15) is 0 Å². The second kappa shape index (κ2) is 4.47. The zero-order chi connectivity index (χ0) is 11.5. The van der Waals surface area contributed by atoms with Crippen LogP contribution in [0.4, 0.5) is 0 Å². The molecule has 4 nitrogen and oxygen atoms in total. The molecule has 0 saturated carbocycles. The molecule has 0 radical (unpaired) electrons. The Morgan fingerprint density at radius 3 is 2.94 bits per heavy atom. The SMILES string of the molecule is COc1cnc2cccc(C(O)CO)c2c1. The molecule has 0 fully saturated rings. The number of aliphatic hydroxyl groups is 2. The van der Waals surface area contributed by atoms with Gasteiger partial charge in [-0.3, -0.25) is 4.98 Å². The zero-order valence-corrected chi connectivity index (χ0v) is 8.92. The van der Waals surface area contributed by atoms with E-state index in [0.717, 1.165) is 10.9 Å². The minimum Gasteiger partial charge on any atom is -0.495 e. The van der Waals surface area contributed by atoms with E-state index in [1.54, 1.807) is 31.5 Å². The van der Waals surface area contributed by atoms with Gasteiger partial charge in [-0.25, -0.2) is 0 Å². The number of hydrogen-bond acceptors (Lipinski definition) is 4. The molecule has 0 spiro atoms. The van der Waals surface area contributed by atoms with Crippen molar-refractivity contribution in [1.82, 2.24) is 4.98 Å². The second-order valence-electron chi connectivity index (χ2n) is 3.49. The number of aromatic nitrogens is 1. The summed E-state index contributed by atoms with van der Waals surface area (Å²) in [6.45, 7) is -0.309. The summed E-state index contributed by atoms with van der Waals surface area (Å²) in [7, 11) is 1.56. The monoisotopic (exact) mass is 219 g/mol. The Morgan fingerprint density at radius 1 is 1.44 bits per heavy atom. The minimum absolute atomic E-state index is 0.309. The van der Waals surface area contributed by atoms with Crippen molar-refractivity contribution in [2.45, 2.75) is 6.10 Å². The molecular formula is C12H13NO3. The van der Waals surface area contributed by atoms with Crippen molar-refractivity contribution in [2.24, 2.45) is 0 Å². The van der Waals surface area contributed by atoms with E-state index >= 15 is 0 Å².